The fraction of sp³-hybridized carbons (Fsp3) is 0.462. The SMILES string of the molecule is CN1CCC(Nc2ccc(S(=O)(=O)C(F)F)cc2)CC1=O. The molecule has 1 aromatic carbocycles. The number of piperidine rings is 1. The molecule has 1 aliphatic heterocycles. The molecular formula is C13H16F2N2O3S. The Morgan fingerprint density at radius 1 is 1.29 bits per heavy atom. The van der Waals surface area contributed by atoms with E-state index in [1.807, 2.05) is 0 Å². The van der Waals surface area contributed by atoms with Crippen LogP contribution in [0.15, 0.2) is 29.2 Å². The summed E-state index contributed by atoms with van der Waals surface area (Å²) < 4.78 is 47.4. The first kappa shape index (κ1) is 15.7. The standard InChI is InChI=1S/C13H16F2N2O3S/c1-17-7-6-10(8-12(17)18)16-9-2-4-11(5-3-9)21(19,20)13(14)15/h2-5,10,13,16H,6-8H2,1H3. The van der Waals surface area contributed by atoms with Crippen LogP contribution in [0.2, 0.25) is 0 Å². The summed E-state index contributed by atoms with van der Waals surface area (Å²) in [5, 5.41) is 3.11. The highest BCUT2D eigenvalue weighted by molar-refractivity contribution is 7.91. The summed E-state index contributed by atoms with van der Waals surface area (Å²) in [7, 11) is -2.83. The predicted octanol–water partition coefficient (Wildman–Crippen LogP) is 1.72. The molecule has 1 fully saturated rings. The summed E-state index contributed by atoms with van der Waals surface area (Å²) in [4.78, 5) is 12.8. The molecule has 21 heavy (non-hydrogen) atoms. The highest BCUT2D eigenvalue weighted by Crippen LogP contribution is 2.22. The molecule has 1 aliphatic rings. The predicted molar refractivity (Wildman–Crippen MR) is 73.9 cm³/mol. The van der Waals surface area contributed by atoms with Gasteiger partial charge in [0.15, 0.2) is 0 Å². The smallest absolute Gasteiger partial charge is 0.341 e. The molecule has 116 valence electrons. The zero-order valence-electron chi connectivity index (χ0n) is 11.4. The van der Waals surface area contributed by atoms with Gasteiger partial charge in [-0.1, -0.05) is 0 Å². The molecule has 1 amide bonds. The van der Waals surface area contributed by atoms with Crippen LogP contribution in [0, 0.1) is 0 Å². The number of carbonyl (C=O) groups is 1. The second kappa shape index (κ2) is 5.97. The highest BCUT2D eigenvalue weighted by Gasteiger charge is 2.27. The van der Waals surface area contributed by atoms with Gasteiger partial charge in [0.2, 0.25) is 15.7 Å². The van der Waals surface area contributed by atoms with E-state index in [1.165, 1.54) is 12.1 Å². The second-order valence-corrected chi connectivity index (χ2v) is 6.90. The van der Waals surface area contributed by atoms with E-state index in [1.54, 1.807) is 11.9 Å². The van der Waals surface area contributed by atoms with Crippen molar-refractivity contribution in [3.05, 3.63) is 24.3 Å². The number of rotatable bonds is 4. The van der Waals surface area contributed by atoms with Crippen molar-refractivity contribution in [1.29, 1.82) is 0 Å². The van der Waals surface area contributed by atoms with Crippen molar-refractivity contribution in [2.45, 2.75) is 29.5 Å². The van der Waals surface area contributed by atoms with E-state index >= 15 is 0 Å². The Morgan fingerprint density at radius 3 is 2.43 bits per heavy atom. The maximum absolute atomic E-state index is 12.4. The summed E-state index contributed by atoms with van der Waals surface area (Å²) in [5.41, 5.74) is 0.602. The van der Waals surface area contributed by atoms with Crippen molar-refractivity contribution < 1.29 is 22.0 Å². The Hall–Kier alpha value is -1.70. The van der Waals surface area contributed by atoms with Gasteiger partial charge in [-0.05, 0) is 30.7 Å². The summed E-state index contributed by atoms with van der Waals surface area (Å²) in [6.45, 7) is 0.647. The third-order valence-electron chi connectivity index (χ3n) is 3.45. The third kappa shape index (κ3) is 3.49. The van der Waals surface area contributed by atoms with Crippen molar-refractivity contribution in [3.63, 3.8) is 0 Å². The van der Waals surface area contributed by atoms with Crippen molar-refractivity contribution >= 4 is 21.4 Å². The largest absolute Gasteiger partial charge is 0.382 e. The number of likely N-dealkylation sites (tertiary alicyclic amines) is 1. The number of hydrogen-bond donors (Lipinski definition) is 1. The first-order chi connectivity index (χ1) is 9.80. The lowest BCUT2D eigenvalue weighted by atomic mass is 10.0. The Labute approximate surface area is 121 Å². The fourth-order valence-corrected chi connectivity index (χ4v) is 2.87. The van der Waals surface area contributed by atoms with Gasteiger partial charge in [0.1, 0.15) is 0 Å². The van der Waals surface area contributed by atoms with Crippen LogP contribution in [0.3, 0.4) is 0 Å². The molecule has 0 aromatic heterocycles. The van der Waals surface area contributed by atoms with Crippen molar-refractivity contribution in [1.82, 2.24) is 4.90 Å². The zero-order valence-corrected chi connectivity index (χ0v) is 12.2. The zero-order chi connectivity index (χ0) is 15.6. The third-order valence-corrected chi connectivity index (χ3v) is 4.85. The fourth-order valence-electron chi connectivity index (χ4n) is 2.15. The number of nitrogens with one attached hydrogen (secondary N) is 1. The van der Waals surface area contributed by atoms with Gasteiger partial charge in [-0.15, -0.1) is 0 Å². The second-order valence-electron chi connectivity index (χ2n) is 4.98. The number of alkyl halides is 2. The normalized spacial score (nSPS) is 19.9. The molecule has 0 saturated carbocycles. The number of benzene rings is 1. The molecular weight excluding hydrogens is 302 g/mol. The van der Waals surface area contributed by atoms with Gasteiger partial charge in [0, 0.05) is 31.7 Å². The molecule has 1 heterocycles. The molecule has 1 atom stereocenters. The summed E-state index contributed by atoms with van der Waals surface area (Å²) in [6.07, 6.45) is 1.13. The maximum Gasteiger partial charge on any atom is 0.341 e. The number of amides is 1. The minimum absolute atomic E-state index is 0.0359. The number of anilines is 1. The highest BCUT2D eigenvalue weighted by atomic mass is 32.2. The number of halogens is 2. The summed E-state index contributed by atoms with van der Waals surface area (Å²) in [6, 6.07) is 5.10. The van der Waals surface area contributed by atoms with E-state index in [-0.39, 0.29) is 11.9 Å². The van der Waals surface area contributed by atoms with Crippen molar-refractivity contribution in [2.24, 2.45) is 0 Å². The van der Waals surface area contributed by atoms with E-state index in [4.69, 9.17) is 0 Å². The van der Waals surface area contributed by atoms with E-state index in [0.717, 1.165) is 18.6 Å². The lowest BCUT2D eigenvalue weighted by Crippen LogP contribution is -2.40. The van der Waals surface area contributed by atoms with Gasteiger partial charge in [0.25, 0.3) is 0 Å². The molecule has 1 unspecified atom stereocenters. The number of sulfone groups is 1. The lowest BCUT2D eigenvalue weighted by Gasteiger charge is -2.29. The summed E-state index contributed by atoms with van der Waals surface area (Å²) >= 11 is 0. The lowest BCUT2D eigenvalue weighted by molar-refractivity contribution is -0.132. The van der Waals surface area contributed by atoms with E-state index in [2.05, 4.69) is 5.32 Å². The topological polar surface area (TPSA) is 66.5 Å². The molecule has 8 heteroatoms. The minimum atomic E-state index is -4.56. The van der Waals surface area contributed by atoms with Crippen LogP contribution in [0.1, 0.15) is 12.8 Å². The molecule has 2 rings (SSSR count). The Kier molecular flexibility index (Phi) is 4.46. The molecule has 0 radical (unpaired) electrons. The average Bonchev–Trinajstić information content (AvgIpc) is 2.43. The Bertz CT molecular complexity index is 617. The van der Waals surface area contributed by atoms with Crippen molar-refractivity contribution in [2.75, 3.05) is 18.9 Å². The molecule has 0 bridgehead atoms. The molecule has 0 spiro atoms. The molecule has 1 N–H and O–H groups in total. The van der Waals surface area contributed by atoms with Crippen LogP contribution in [-0.4, -0.2) is 44.6 Å². The van der Waals surface area contributed by atoms with E-state index < -0.39 is 20.5 Å². The molecule has 1 aromatic rings. The van der Waals surface area contributed by atoms with Crippen molar-refractivity contribution in [3.8, 4) is 0 Å². The molecule has 1 saturated heterocycles. The van der Waals surface area contributed by atoms with Gasteiger partial charge >= 0.3 is 5.76 Å². The number of carbonyl (C=O) groups excluding carboxylic acids is 1. The van der Waals surface area contributed by atoms with Crippen LogP contribution < -0.4 is 5.32 Å². The maximum atomic E-state index is 12.4. The average molecular weight is 318 g/mol. The van der Waals surface area contributed by atoms with Crippen LogP contribution in [-0.2, 0) is 14.6 Å². The van der Waals surface area contributed by atoms with Crippen LogP contribution in [0.25, 0.3) is 0 Å². The van der Waals surface area contributed by atoms with Gasteiger partial charge in [-0.3, -0.25) is 4.79 Å². The van der Waals surface area contributed by atoms with Gasteiger partial charge in [0.05, 0.1) is 4.90 Å². The van der Waals surface area contributed by atoms with E-state index in [0.29, 0.717) is 18.7 Å². The monoisotopic (exact) mass is 318 g/mol. The molecule has 5 nitrogen and oxygen atoms in total. The Morgan fingerprint density at radius 2 is 1.90 bits per heavy atom. The minimum Gasteiger partial charge on any atom is -0.382 e. The first-order valence-electron chi connectivity index (χ1n) is 6.43. The van der Waals surface area contributed by atoms with Crippen LogP contribution >= 0.6 is 0 Å². The number of nitrogens with zero attached hydrogens (tertiary/aromatic N) is 1. The Balaban J connectivity index is 2.05. The van der Waals surface area contributed by atoms with Crippen LogP contribution in [0.5, 0.6) is 0 Å². The van der Waals surface area contributed by atoms with Gasteiger partial charge < -0.3 is 10.2 Å². The summed E-state index contributed by atoms with van der Waals surface area (Å²) in [5.74, 6) is -3.39. The van der Waals surface area contributed by atoms with Gasteiger partial charge in [-0.25, -0.2) is 8.42 Å². The first-order valence-corrected chi connectivity index (χ1v) is 7.98. The number of hydrogen-bond acceptors (Lipinski definition) is 4. The molecule has 0 aliphatic carbocycles. The van der Waals surface area contributed by atoms with E-state index in [9.17, 15) is 22.0 Å². The quantitative estimate of drug-likeness (QED) is 0.918. The van der Waals surface area contributed by atoms with Crippen LogP contribution in [0.4, 0.5) is 14.5 Å². The van der Waals surface area contributed by atoms with Gasteiger partial charge in [-0.2, -0.15) is 8.78 Å².